The lowest BCUT2D eigenvalue weighted by molar-refractivity contribution is -0.136. The molecule has 0 bridgehead atoms. The van der Waals surface area contributed by atoms with Gasteiger partial charge in [0.15, 0.2) is 0 Å². The first-order valence-corrected chi connectivity index (χ1v) is 9.81. The third-order valence-corrected chi connectivity index (χ3v) is 7.16. The Morgan fingerprint density at radius 1 is 1.29 bits per heavy atom. The van der Waals surface area contributed by atoms with E-state index in [1.807, 2.05) is 0 Å². The first-order chi connectivity index (χ1) is 11.2. The van der Waals surface area contributed by atoms with Gasteiger partial charge in [-0.2, -0.15) is 0 Å². The first-order valence-electron chi connectivity index (χ1n) is 6.73. The van der Waals surface area contributed by atoms with Crippen LogP contribution in [0.2, 0.25) is 10.0 Å². The number of nitrogens with zero attached hydrogens (tertiary/aromatic N) is 1. The molecule has 0 amide bonds. The fraction of sp³-hybridized carbons (Fsp3) is 0.133. The van der Waals surface area contributed by atoms with Crippen LogP contribution in [0.3, 0.4) is 0 Å². The second kappa shape index (κ2) is 6.07. The van der Waals surface area contributed by atoms with Crippen LogP contribution in [0.4, 0.5) is 0 Å². The van der Waals surface area contributed by atoms with E-state index in [-0.39, 0.29) is 21.4 Å². The Morgan fingerprint density at radius 3 is 2.67 bits per heavy atom. The molecule has 1 aromatic carbocycles. The maximum atomic E-state index is 13.1. The summed E-state index contributed by atoms with van der Waals surface area (Å²) in [6, 6.07) is 5.92. The van der Waals surface area contributed by atoms with E-state index in [1.54, 1.807) is 18.4 Å². The molecular weight excluding hydrogens is 393 g/mol. The predicted octanol–water partition coefficient (Wildman–Crippen LogP) is 4.18. The third-order valence-electron chi connectivity index (χ3n) is 3.64. The minimum atomic E-state index is -4.02. The monoisotopic (exact) mass is 403 g/mol. The number of rotatable bonds is 4. The molecule has 126 valence electrons. The zero-order valence-electron chi connectivity index (χ0n) is 12.3. The number of hydrogen-bond acceptors (Lipinski definition) is 4. The highest BCUT2D eigenvalue weighted by Crippen LogP contribution is 2.36. The van der Waals surface area contributed by atoms with E-state index < -0.39 is 16.0 Å². The van der Waals surface area contributed by atoms with E-state index in [0.29, 0.717) is 21.5 Å². The van der Waals surface area contributed by atoms with Crippen LogP contribution in [-0.4, -0.2) is 23.5 Å². The number of hydrogen-bond donors (Lipinski definition) is 1. The van der Waals surface area contributed by atoms with Crippen LogP contribution in [0.15, 0.2) is 34.5 Å². The van der Waals surface area contributed by atoms with Crippen LogP contribution in [0.1, 0.15) is 11.3 Å². The Bertz CT molecular complexity index is 1070. The first kappa shape index (κ1) is 17.3. The van der Waals surface area contributed by atoms with Gasteiger partial charge in [0.1, 0.15) is 9.73 Å². The van der Waals surface area contributed by atoms with Crippen molar-refractivity contribution in [1.82, 2.24) is 3.97 Å². The van der Waals surface area contributed by atoms with E-state index in [2.05, 4.69) is 0 Å². The largest absolute Gasteiger partial charge is 0.481 e. The number of halogens is 2. The molecule has 9 heteroatoms. The summed E-state index contributed by atoms with van der Waals surface area (Å²) < 4.78 is 27.4. The molecule has 2 heterocycles. The second-order valence-electron chi connectivity index (χ2n) is 5.12. The topological polar surface area (TPSA) is 76.4 Å². The number of carboxylic acid groups (broad SMARTS) is 1. The van der Waals surface area contributed by atoms with Crippen LogP contribution < -0.4 is 0 Å². The zero-order chi connectivity index (χ0) is 17.6. The molecule has 2 aromatic heterocycles. The Morgan fingerprint density at radius 2 is 2.00 bits per heavy atom. The SMILES string of the molecule is Cc1c(CC(=O)O)c2ccsc2n1S(=O)(=O)c1cc(Cl)ccc1Cl. The van der Waals surface area contributed by atoms with Crippen LogP contribution in [0.25, 0.3) is 10.2 Å². The van der Waals surface area contributed by atoms with Crippen molar-refractivity contribution in [2.24, 2.45) is 0 Å². The van der Waals surface area contributed by atoms with Crippen molar-refractivity contribution < 1.29 is 18.3 Å². The highest BCUT2D eigenvalue weighted by molar-refractivity contribution is 7.90. The van der Waals surface area contributed by atoms with Gasteiger partial charge in [-0.15, -0.1) is 11.3 Å². The van der Waals surface area contributed by atoms with E-state index in [0.717, 1.165) is 3.97 Å². The summed E-state index contributed by atoms with van der Waals surface area (Å²) in [5, 5.41) is 11.7. The summed E-state index contributed by atoms with van der Waals surface area (Å²) in [6.45, 7) is 1.58. The third kappa shape index (κ3) is 2.71. The fourth-order valence-electron chi connectivity index (χ4n) is 2.60. The van der Waals surface area contributed by atoms with Gasteiger partial charge in [0, 0.05) is 16.1 Å². The Kier molecular flexibility index (Phi) is 4.37. The van der Waals surface area contributed by atoms with Crippen molar-refractivity contribution in [2.45, 2.75) is 18.2 Å². The lowest BCUT2D eigenvalue weighted by atomic mass is 10.1. The van der Waals surface area contributed by atoms with E-state index >= 15 is 0 Å². The van der Waals surface area contributed by atoms with Gasteiger partial charge in [-0.3, -0.25) is 4.79 Å². The quantitative estimate of drug-likeness (QED) is 0.708. The summed E-state index contributed by atoms with van der Waals surface area (Å²) in [4.78, 5) is 11.5. The second-order valence-corrected chi connectivity index (χ2v) is 8.61. The van der Waals surface area contributed by atoms with Crippen molar-refractivity contribution in [2.75, 3.05) is 0 Å². The van der Waals surface area contributed by atoms with Gasteiger partial charge in [-0.1, -0.05) is 23.2 Å². The lowest BCUT2D eigenvalue weighted by Gasteiger charge is -2.11. The van der Waals surface area contributed by atoms with Crippen molar-refractivity contribution in [3.8, 4) is 0 Å². The molecule has 1 N–H and O–H groups in total. The van der Waals surface area contributed by atoms with Crippen LogP contribution in [0, 0.1) is 6.92 Å². The summed E-state index contributed by atoms with van der Waals surface area (Å²) in [5.41, 5.74) is 0.829. The molecule has 0 saturated carbocycles. The number of aliphatic carboxylic acids is 1. The molecule has 0 spiro atoms. The lowest BCUT2D eigenvalue weighted by Crippen LogP contribution is -2.15. The van der Waals surface area contributed by atoms with Gasteiger partial charge in [0.25, 0.3) is 10.0 Å². The highest BCUT2D eigenvalue weighted by Gasteiger charge is 2.28. The van der Waals surface area contributed by atoms with Crippen molar-refractivity contribution >= 4 is 60.7 Å². The average molecular weight is 404 g/mol. The number of thiophene rings is 1. The number of benzene rings is 1. The summed E-state index contributed by atoms with van der Waals surface area (Å²) in [7, 11) is -4.02. The molecule has 0 aliphatic heterocycles. The minimum absolute atomic E-state index is 0.0528. The molecule has 5 nitrogen and oxygen atoms in total. The molecule has 0 fully saturated rings. The molecular formula is C15H11Cl2NO4S2. The predicted molar refractivity (Wildman–Crippen MR) is 94.9 cm³/mol. The van der Waals surface area contributed by atoms with Crippen molar-refractivity contribution in [1.29, 1.82) is 0 Å². The fourth-order valence-corrected chi connectivity index (χ4v) is 6.12. The summed E-state index contributed by atoms with van der Waals surface area (Å²) in [5.74, 6) is -1.03. The van der Waals surface area contributed by atoms with Crippen LogP contribution in [-0.2, 0) is 21.2 Å². The Labute approximate surface area is 152 Å². The van der Waals surface area contributed by atoms with Gasteiger partial charge in [-0.05, 0) is 42.1 Å². The summed E-state index contributed by atoms with van der Waals surface area (Å²) >= 11 is 13.2. The molecule has 24 heavy (non-hydrogen) atoms. The summed E-state index contributed by atoms with van der Waals surface area (Å²) in [6.07, 6.45) is -0.259. The molecule has 0 unspecified atom stereocenters. The van der Waals surface area contributed by atoms with Gasteiger partial charge < -0.3 is 5.11 Å². The van der Waals surface area contributed by atoms with Gasteiger partial charge in [-0.25, -0.2) is 12.4 Å². The van der Waals surface area contributed by atoms with Gasteiger partial charge in [0.2, 0.25) is 0 Å². The maximum absolute atomic E-state index is 13.1. The Hall–Kier alpha value is -1.54. The van der Waals surface area contributed by atoms with Crippen LogP contribution >= 0.6 is 34.5 Å². The molecule has 3 rings (SSSR count). The van der Waals surface area contributed by atoms with Crippen molar-refractivity contribution in [3.05, 3.63) is 50.9 Å². The molecule has 0 radical (unpaired) electrons. The average Bonchev–Trinajstić information content (AvgIpc) is 3.04. The molecule has 3 aromatic rings. The van der Waals surface area contributed by atoms with E-state index in [4.69, 9.17) is 28.3 Å². The van der Waals surface area contributed by atoms with E-state index in [1.165, 1.54) is 29.5 Å². The minimum Gasteiger partial charge on any atom is -0.481 e. The molecule has 0 aliphatic carbocycles. The van der Waals surface area contributed by atoms with E-state index in [9.17, 15) is 13.2 Å². The number of aromatic nitrogens is 1. The van der Waals surface area contributed by atoms with Crippen LogP contribution in [0.5, 0.6) is 0 Å². The van der Waals surface area contributed by atoms with Gasteiger partial charge >= 0.3 is 5.97 Å². The van der Waals surface area contributed by atoms with Gasteiger partial charge in [0.05, 0.1) is 11.4 Å². The molecule has 0 atom stereocenters. The number of carboxylic acids is 1. The standard InChI is InChI=1S/C15H11Cl2NO4S2/c1-8-11(7-14(19)20)10-4-5-23-15(10)18(8)24(21,22)13-6-9(16)2-3-12(13)17/h2-6H,7H2,1H3,(H,19,20). The Balaban J connectivity index is 2.33. The smallest absolute Gasteiger partial charge is 0.307 e. The highest BCUT2D eigenvalue weighted by atomic mass is 35.5. The number of fused-ring (bicyclic) bond motifs is 1. The van der Waals surface area contributed by atoms with Crippen molar-refractivity contribution in [3.63, 3.8) is 0 Å². The number of carbonyl (C=O) groups is 1. The normalized spacial score (nSPS) is 12.0. The molecule has 0 aliphatic rings. The zero-order valence-corrected chi connectivity index (χ0v) is 15.4. The maximum Gasteiger partial charge on any atom is 0.307 e. The molecule has 0 saturated heterocycles.